The van der Waals surface area contributed by atoms with Crippen LogP contribution in [0, 0.1) is 0 Å². The predicted octanol–water partition coefficient (Wildman–Crippen LogP) is 32.2. The van der Waals surface area contributed by atoms with Crippen LogP contribution in [0.4, 0.5) is 0 Å². The van der Waals surface area contributed by atoms with Gasteiger partial charge >= 0.3 is 11.9 Å². The Morgan fingerprint density at radius 1 is 0.283 bits per heavy atom. The van der Waals surface area contributed by atoms with Crippen molar-refractivity contribution in [3.05, 3.63) is 82.9 Å². The van der Waals surface area contributed by atoms with Crippen molar-refractivity contribution in [3.63, 3.8) is 0 Å². The largest absolute Gasteiger partial charge is 0.507 e. The van der Waals surface area contributed by atoms with Gasteiger partial charge in [-0.15, -0.1) is 0 Å². The molecule has 0 aliphatic heterocycles. The summed E-state index contributed by atoms with van der Waals surface area (Å²) in [6.45, 7) is 16.6. The van der Waals surface area contributed by atoms with E-state index in [1.807, 2.05) is 0 Å². The van der Waals surface area contributed by atoms with Gasteiger partial charge in [0.15, 0.2) is 23.0 Å². The number of esters is 2. The summed E-state index contributed by atoms with van der Waals surface area (Å²) in [4.78, 5) is 39.2. The lowest BCUT2D eigenvalue weighted by atomic mass is 9.91. The lowest BCUT2D eigenvalue weighted by Crippen LogP contribution is -2.27. The zero-order valence-corrected chi connectivity index (χ0v) is 77.5. The van der Waals surface area contributed by atoms with Crippen molar-refractivity contribution in [1.29, 1.82) is 0 Å². The Hall–Kier alpha value is -6.44. The molecule has 14 nitrogen and oxygen atoms in total. The number of hydrogen-bond donors (Lipinski definition) is 2. The molecule has 0 bridgehead atoms. The lowest BCUT2D eigenvalue weighted by Gasteiger charge is -2.25. The fourth-order valence-corrected chi connectivity index (χ4v) is 16.2. The summed E-state index contributed by atoms with van der Waals surface area (Å²) in [6, 6.07) is 16.0. The normalized spacial score (nSPS) is 13.6. The van der Waals surface area contributed by atoms with Gasteiger partial charge in [0, 0.05) is 23.6 Å². The van der Waals surface area contributed by atoms with Gasteiger partial charge in [0.05, 0.1) is 62.9 Å². The number of rotatable bonds is 80. The number of carbonyl (C=O) groups is 2. The van der Waals surface area contributed by atoms with Gasteiger partial charge in [-0.25, -0.2) is 9.59 Å². The predicted molar refractivity (Wildman–Crippen MR) is 504 cm³/mol. The monoisotopic (exact) mass is 1670 g/mol. The van der Waals surface area contributed by atoms with Crippen LogP contribution in [0.1, 0.15) is 484 Å². The average molecular weight is 1670 g/mol. The highest BCUT2D eigenvalue weighted by atomic mass is 16.6. The van der Waals surface area contributed by atoms with E-state index in [1.165, 1.54) is 295 Å². The Morgan fingerprint density at radius 2 is 0.483 bits per heavy atom. The number of aromatic hydroxyl groups is 2. The first kappa shape index (κ1) is 104. The molecule has 4 aromatic rings. The second-order valence-electron chi connectivity index (χ2n) is 35.0. The summed E-state index contributed by atoms with van der Waals surface area (Å²) in [6.07, 6.45) is 79.8. The van der Waals surface area contributed by atoms with Crippen LogP contribution in [0.15, 0.2) is 70.6 Å². The third-order valence-corrected chi connectivity index (χ3v) is 23.9. The van der Waals surface area contributed by atoms with Crippen molar-refractivity contribution < 1.29 is 57.7 Å². The van der Waals surface area contributed by atoms with Crippen molar-refractivity contribution in [2.24, 2.45) is 9.98 Å². The zero-order chi connectivity index (χ0) is 85.4. The molecule has 680 valence electrons. The highest BCUT2D eigenvalue weighted by Crippen LogP contribution is 2.43. The number of nitrogens with zero attached hydrogens (tertiary/aromatic N) is 2. The van der Waals surface area contributed by atoms with E-state index < -0.39 is 11.9 Å². The molecule has 0 spiro atoms. The maximum absolute atomic E-state index is 14.6. The summed E-state index contributed by atoms with van der Waals surface area (Å²) in [5.74, 6) is 2.34. The number of carbonyl (C=O) groups excluding carboxylic acids is 2. The fraction of sp³-hybridized carbons (Fsp3) is 0.736. The molecule has 1 saturated carbocycles. The quantitative estimate of drug-likeness (QED) is 0.0186. The minimum Gasteiger partial charge on any atom is -0.507 e. The van der Waals surface area contributed by atoms with Crippen molar-refractivity contribution in [3.8, 4) is 57.5 Å². The molecule has 120 heavy (non-hydrogen) atoms. The van der Waals surface area contributed by atoms with Crippen LogP contribution in [0.3, 0.4) is 0 Å². The standard InChI is InChI=1S/C106H174N2O12/c1-7-13-19-25-31-37-43-49-55-63-75-113-99-83-89(84-100(114-76-64-56-50-44-38-32-26-20-14-8-2)103(99)117-79-67-59-53-47-41-35-29-23-17-11-5)105(111)119-93-71-73-97(109)91(81-93)87-107-95-69-61-62-70-96(95)108-88-92-82-94(72-74-98(92)110)120-106(112)90-85-101(115-77-65-57-51-45-39-33-27-21-15-9-3)104(118-80-68-60-54-48-42-36-30-24-18-12-6)102(86-90)116-78-66-58-52-46-40-34-28-22-16-10-4/h71-74,81-88,95-96,109-110H,7-70,75-80H2,1-6H3. The summed E-state index contributed by atoms with van der Waals surface area (Å²) >= 11 is 0. The highest BCUT2D eigenvalue weighted by molar-refractivity contribution is 5.94. The number of hydrogen-bond acceptors (Lipinski definition) is 14. The Kier molecular flexibility index (Phi) is 62.4. The number of unbranched alkanes of at least 4 members (excludes halogenated alkanes) is 54. The first-order valence-electron chi connectivity index (χ1n) is 50.4. The molecule has 0 radical (unpaired) electrons. The molecular weight excluding hydrogens is 1490 g/mol. The zero-order valence-electron chi connectivity index (χ0n) is 77.5. The SMILES string of the molecule is CCCCCCCCCCCCOc1cc(C(=O)Oc2ccc(O)c(C=NC3CCCCC3N=Cc3cc(OC(=O)c4cc(OCCCCCCCCCCCC)c(OCCCCCCCCCCCC)c(OCCCCCCCCCCCC)c4)ccc3O)c2)cc(OCCCCCCCCCCCC)c1OCCCCCCCCCCCC. The maximum atomic E-state index is 14.6. The molecule has 0 aromatic heterocycles. The third kappa shape index (κ3) is 49.2. The van der Waals surface area contributed by atoms with E-state index in [4.69, 9.17) is 47.9 Å². The molecule has 2 N–H and O–H groups in total. The van der Waals surface area contributed by atoms with Gasteiger partial charge in [0.25, 0.3) is 0 Å². The van der Waals surface area contributed by atoms with Crippen LogP contribution in [0.2, 0.25) is 0 Å². The molecule has 0 heterocycles. The van der Waals surface area contributed by atoms with Crippen LogP contribution in [-0.2, 0) is 0 Å². The topological polar surface area (TPSA) is 173 Å². The average Bonchev–Trinajstić information content (AvgIpc) is 0.811. The Morgan fingerprint density at radius 3 is 0.700 bits per heavy atom. The van der Waals surface area contributed by atoms with Crippen LogP contribution in [0.25, 0.3) is 0 Å². The van der Waals surface area contributed by atoms with Crippen molar-refractivity contribution in [2.45, 2.75) is 465 Å². The van der Waals surface area contributed by atoms with Crippen molar-refractivity contribution in [1.82, 2.24) is 0 Å². The van der Waals surface area contributed by atoms with Crippen molar-refractivity contribution >= 4 is 24.4 Å². The second kappa shape index (κ2) is 71.9. The van der Waals surface area contributed by atoms with Gasteiger partial charge in [0.1, 0.15) is 23.0 Å². The van der Waals surface area contributed by atoms with E-state index in [1.54, 1.807) is 61.0 Å². The number of phenolic OH excluding ortho intramolecular Hbond substituents is 2. The first-order chi connectivity index (χ1) is 59.1. The van der Waals surface area contributed by atoms with Crippen LogP contribution in [-0.4, -0.2) is 86.3 Å². The smallest absolute Gasteiger partial charge is 0.343 e. The molecular formula is C106H174N2O12. The molecule has 4 aromatic carbocycles. The van der Waals surface area contributed by atoms with Gasteiger partial charge < -0.3 is 48.1 Å². The molecule has 14 heteroatoms. The van der Waals surface area contributed by atoms with Gasteiger partial charge in [-0.05, 0) is 112 Å². The molecule has 1 aliphatic carbocycles. The van der Waals surface area contributed by atoms with Gasteiger partial charge in [-0.2, -0.15) is 0 Å². The molecule has 2 atom stereocenters. The Labute approximate surface area is 732 Å². The van der Waals surface area contributed by atoms with Gasteiger partial charge in [-0.3, -0.25) is 9.98 Å². The Balaban J connectivity index is 1.33. The third-order valence-electron chi connectivity index (χ3n) is 23.9. The number of benzene rings is 4. The fourth-order valence-electron chi connectivity index (χ4n) is 16.2. The van der Waals surface area contributed by atoms with E-state index >= 15 is 0 Å². The summed E-state index contributed by atoms with van der Waals surface area (Å²) in [5.41, 5.74) is 1.35. The van der Waals surface area contributed by atoms with Gasteiger partial charge in [0.2, 0.25) is 11.5 Å². The maximum Gasteiger partial charge on any atom is 0.343 e. The van der Waals surface area contributed by atoms with E-state index in [-0.39, 0.29) is 46.2 Å². The summed E-state index contributed by atoms with van der Waals surface area (Å²) in [7, 11) is 0. The molecule has 1 aliphatic rings. The molecule has 1 fully saturated rings. The van der Waals surface area contributed by atoms with E-state index in [9.17, 15) is 19.8 Å². The summed E-state index contributed by atoms with van der Waals surface area (Å²) in [5, 5.41) is 22.7. The summed E-state index contributed by atoms with van der Waals surface area (Å²) < 4.78 is 52.3. The molecule has 0 amide bonds. The van der Waals surface area contributed by atoms with Crippen LogP contribution >= 0.6 is 0 Å². The van der Waals surface area contributed by atoms with Crippen LogP contribution in [0.5, 0.6) is 57.5 Å². The number of phenols is 2. The molecule has 0 saturated heterocycles. The second-order valence-corrected chi connectivity index (χ2v) is 35.0. The van der Waals surface area contributed by atoms with Crippen molar-refractivity contribution in [2.75, 3.05) is 39.6 Å². The van der Waals surface area contributed by atoms with Gasteiger partial charge in [-0.1, -0.05) is 401 Å². The first-order valence-corrected chi connectivity index (χ1v) is 50.4. The number of aliphatic imine (C=N–C) groups is 2. The molecule has 5 rings (SSSR count). The minimum absolute atomic E-state index is 0.00928. The minimum atomic E-state index is -0.585. The highest BCUT2D eigenvalue weighted by Gasteiger charge is 2.26. The lowest BCUT2D eigenvalue weighted by molar-refractivity contribution is 0.0724. The number of ether oxygens (including phenoxy) is 8. The van der Waals surface area contributed by atoms with E-state index in [2.05, 4.69) is 41.5 Å². The Bertz CT molecular complexity index is 2930. The van der Waals surface area contributed by atoms with E-state index in [0.29, 0.717) is 85.3 Å². The van der Waals surface area contributed by atoms with E-state index in [0.717, 1.165) is 128 Å². The van der Waals surface area contributed by atoms with Crippen LogP contribution < -0.4 is 37.9 Å². The molecule has 2 unspecified atom stereocenters.